The first kappa shape index (κ1) is 11.2. The molecule has 1 unspecified atom stereocenters. The highest BCUT2D eigenvalue weighted by molar-refractivity contribution is 8.00. The van der Waals surface area contributed by atoms with Crippen LogP contribution in [0.25, 0.3) is 0 Å². The lowest BCUT2D eigenvalue weighted by molar-refractivity contribution is -0.120. The van der Waals surface area contributed by atoms with E-state index in [0.717, 1.165) is 31.6 Å². The van der Waals surface area contributed by atoms with E-state index < -0.39 is 0 Å². The molecule has 13 heavy (non-hydrogen) atoms. The quantitative estimate of drug-likeness (QED) is 0.569. The molecule has 0 radical (unpaired) electrons. The van der Waals surface area contributed by atoms with Crippen LogP contribution in [0.1, 0.15) is 25.7 Å². The summed E-state index contributed by atoms with van der Waals surface area (Å²) in [6, 6.07) is 0. The molecule has 0 aromatic heterocycles. The summed E-state index contributed by atoms with van der Waals surface area (Å²) in [6.07, 6.45) is 4.21. The maximum Gasteiger partial charge on any atom is 0.233 e. The van der Waals surface area contributed by atoms with Gasteiger partial charge in [-0.1, -0.05) is 0 Å². The second kappa shape index (κ2) is 6.55. The van der Waals surface area contributed by atoms with Crippen molar-refractivity contribution in [1.82, 2.24) is 5.32 Å². The van der Waals surface area contributed by atoms with Gasteiger partial charge in [0.2, 0.25) is 5.91 Å². The second-order valence-corrected chi connectivity index (χ2v) is 4.88. The molecule has 4 heteroatoms. The molecular weight excluding hydrogens is 206 g/mol. The number of nitrogens with one attached hydrogen (secondary N) is 1. The van der Waals surface area contributed by atoms with Gasteiger partial charge in [-0.2, -0.15) is 0 Å². The Kier molecular flexibility index (Phi) is 5.63. The number of carbonyl (C=O) groups is 1. The Morgan fingerprint density at radius 2 is 2.38 bits per heavy atom. The number of amides is 1. The van der Waals surface area contributed by atoms with E-state index in [4.69, 9.17) is 11.6 Å². The number of halogens is 1. The van der Waals surface area contributed by atoms with Gasteiger partial charge in [0.25, 0.3) is 0 Å². The lowest BCUT2D eigenvalue weighted by Crippen LogP contribution is -2.32. The van der Waals surface area contributed by atoms with Crippen LogP contribution in [-0.2, 0) is 4.79 Å². The first-order valence-electron chi connectivity index (χ1n) is 4.80. The Hall–Kier alpha value is 0.110. The lowest BCUT2D eigenvalue weighted by Gasteiger charge is -2.08. The van der Waals surface area contributed by atoms with Crippen LogP contribution in [0.5, 0.6) is 0 Å². The maximum absolute atomic E-state index is 11.4. The maximum atomic E-state index is 11.4. The van der Waals surface area contributed by atoms with Gasteiger partial charge < -0.3 is 5.32 Å². The Labute approximate surface area is 88.8 Å². The first-order chi connectivity index (χ1) is 6.34. The SMILES string of the molecule is O=C(NCCCCCl)C1CCCS1. The first-order valence-corrected chi connectivity index (χ1v) is 6.38. The Morgan fingerprint density at radius 1 is 1.54 bits per heavy atom. The Balaban J connectivity index is 2.03. The molecule has 2 nitrogen and oxygen atoms in total. The fourth-order valence-electron chi connectivity index (χ4n) is 1.33. The minimum atomic E-state index is 0.219. The van der Waals surface area contributed by atoms with E-state index in [1.807, 2.05) is 0 Å². The monoisotopic (exact) mass is 221 g/mol. The van der Waals surface area contributed by atoms with Gasteiger partial charge in [-0.25, -0.2) is 0 Å². The fraction of sp³-hybridized carbons (Fsp3) is 0.889. The summed E-state index contributed by atoms with van der Waals surface area (Å²) in [4.78, 5) is 11.4. The topological polar surface area (TPSA) is 29.1 Å². The summed E-state index contributed by atoms with van der Waals surface area (Å²) in [5.41, 5.74) is 0. The van der Waals surface area contributed by atoms with Crippen molar-refractivity contribution in [3.8, 4) is 0 Å². The smallest absolute Gasteiger partial charge is 0.233 e. The number of hydrogen-bond donors (Lipinski definition) is 1. The van der Waals surface area contributed by atoms with Gasteiger partial charge in [0.05, 0.1) is 5.25 Å². The van der Waals surface area contributed by atoms with Crippen molar-refractivity contribution in [2.75, 3.05) is 18.2 Å². The van der Waals surface area contributed by atoms with E-state index in [1.165, 1.54) is 6.42 Å². The van der Waals surface area contributed by atoms with Crippen LogP contribution in [0.2, 0.25) is 0 Å². The summed E-state index contributed by atoms with van der Waals surface area (Å²) < 4.78 is 0. The van der Waals surface area contributed by atoms with Crippen molar-refractivity contribution < 1.29 is 4.79 Å². The van der Waals surface area contributed by atoms with Crippen LogP contribution in [0, 0.1) is 0 Å². The molecule has 1 N–H and O–H groups in total. The fourth-order valence-corrected chi connectivity index (χ4v) is 2.70. The number of unbranched alkanes of at least 4 members (excludes halogenated alkanes) is 1. The molecule has 0 bridgehead atoms. The van der Waals surface area contributed by atoms with Gasteiger partial charge in [0, 0.05) is 12.4 Å². The zero-order chi connectivity index (χ0) is 9.52. The molecule has 1 aliphatic rings. The molecule has 1 atom stereocenters. The highest BCUT2D eigenvalue weighted by Gasteiger charge is 2.22. The normalized spacial score (nSPS) is 21.8. The average molecular weight is 222 g/mol. The minimum absolute atomic E-state index is 0.219. The lowest BCUT2D eigenvalue weighted by atomic mass is 10.2. The van der Waals surface area contributed by atoms with E-state index in [2.05, 4.69) is 5.32 Å². The van der Waals surface area contributed by atoms with Crippen LogP contribution in [-0.4, -0.2) is 29.3 Å². The third-order valence-electron chi connectivity index (χ3n) is 2.08. The molecule has 0 aromatic carbocycles. The van der Waals surface area contributed by atoms with E-state index >= 15 is 0 Å². The van der Waals surface area contributed by atoms with Crippen molar-refractivity contribution in [2.24, 2.45) is 0 Å². The highest BCUT2D eigenvalue weighted by atomic mass is 35.5. The molecule has 0 spiro atoms. The van der Waals surface area contributed by atoms with Crippen LogP contribution in [0.3, 0.4) is 0 Å². The molecule has 0 saturated carbocycles. The van der Waals surface area contributed by atoms with Crippen molar-refractivity contribution in [3.63, 3.8) is 0 Å². The van der Waals surface area contributed by atoms with Gasteiger partial charge >= 0.3 is 0 Å². The zero-order valence-corrected chi connectivity index (χ0v) is 9.29. The van der Waals surface area contributed by atoms with Crippen LogP contribution < -0.4 is 5.32 Å². The number of carbonyl (C=O) groups excluding carboxylic acids is 1. The predicted octanol–water partition coefficient (Wildman–Crippen LogP) is 2.02. The van der Waals surface area contributed by atoms with Gasteiger partial charge in [-0.3, -0.25) is 4.79 Å². The van der Waals surface area contributed by atoms with Crippen molar-refractivity contribution in [1.29, 1.82) is 0 Å². The van der Waals surface area contributed by atoms with Crippen LogP contribution in [0.4, 0.5) is 0 Å². The minimum Gasteiger partial charge on any atom is -0.355 e. The summed E-state index contributed by atoms with van der Waals surface area (Å²) in [5, 5.41) is 3.16. The average Bonchev–Trinajstić information content (AvgIpc) is 2.65. The summed E-state index contributed by atoms with van der Waals surface area (Å²) in [6.45, 7) is 0.780. The molecule has 0 aromatic rings. The molecule has 1 amide bonds. The number of rotatable bonds is 5. The third-order valence-corrected chi connectivity index (χ3v) is 3.73. The molecule has 1 heterocycles. The zero-order valence-electron chi connectivity index (χ0n) is 7.72. The van der Waals surface area contributed by atoms with E-state index in [0.29, 0.717) is 5.88 Å². The van der Waals surface area contributed by atoms with Gasteiger partial charge in [0.1, 0.15) is 0 Å². The van der Waals surface area contributed by atoms with Crippen molar-refractivity contribution in [2.45, 2.75) is 30.9 Å². The van der Waals surface area contributed by atoms with E-state index in [-0.39, 0.29) is 11.2 Å². The van der Waals surface area contributed by atoms with Crippen LogP contribution >= 0.6 is 23.4 Å². The Morgan fingerprint density at radius 3 is 3.00 bits per heavy atom. The van der Waals surface area contributed by atoms with Gasteiger partial charge in [0.15, 0.2) is 0 Å². The van der Waals surface area contributed by atoms with Gasteiger partial charge in [-0.05, 0) is 31.4 Å². The summed E-state index contributed by atoms with van der Waals surface area (Å²) in [5.74, 6) is 2.05. The Bertz CT molecular complexity index is 160. The standard InChI is InChI=1S/C9H16ClNOS/c10-5-1-2-6-11-9(12)8-4-3-7-13-8/h8H,1-7H2,(H,11,12). The molecule has 1 saturated heterocycles. The van der Waals surface area contributed by atoms with Crippen molar-refractivity contribution >= 4 is 29.3 Å². The second-order valence-electron chi connectivity index (χ2n) is 3.19. The van der Waals surface area contributed by atoms with Crippen molar-refractivity contribution in [3.05, 3.63) is 0 Å². The number of thioether (sulfide) groups is 1. The molecule has 1 rings (SSSR count). The predicted molar refractivity (Wildman–Crippen MR) is 58.4 cm³/mol. The van der Waals surface area contributed by atoms with Gasteiger partial charge in [-0.15, -0.1) is 23.4 Å². The molecule has 76 valence electrons. The highest BCUT2D eigenvalue weighted by Crippen LogP contribution is 2.25. The summed E-state index contributed by atoms with van der Waals surface area (Å²) in [7, 11) is 0. The molecule has 1 aliphatic heterocycles. The number of alkyl halides is 1. The molecule has 0 aliphatic carbocycles. The molecule has 1 fully saturated rings. The van der Waals surface area contributed by atoms with E-state index in [9.17, 15) is 4.79 Å². The summed E-state index contributed by atoms with van der Waals surface area (Å²) >= 11 is 7.30. The number of hydrogen-bond acceptors (Lipinski definition) is 2. The third kappa shape index (κ3) is 4.23. The van der Waals surface area contributed by atoms with E-state index in [1.54, 1.807) is 11.8 Å². The largest absolute Gasteiger partial charge is 0.355 e. The van der Waals surface area contributed by atoms with Crippen LogP contribution in [0.15, 0.2) is 0 Å². The molecular formula is C9H16ClNOS.